The van der Waals surface area contributed by atoms with Gasteiger partial charge >= 0.3 is 0 Å². The van der Waals surface area contributed by atoms with Gasteiger partial charge in [-0.2, -0.15) is 0 Å². The Balaban J connectivity index is 2.25. The fourth-order valence-electron chi connectivity index (χ4n) is 1.47. The number of nitrogens with one attached hydrogen (secondary N) is 1. The first kappa shape index (κ1) is 8.63. The van der Waals surface area contributed by atoms with Gasteiger partial charge in [-0.15, -0.1) is 11.8 Å². The predicted octanol–water partition coefficient (Wildman–Crippen LogP) is 2.29. The zero-order chi connectivity index (χ0) is 9.26. The zero-order valence-electron chi connectivity index (χ0n) is 7.46. The lowest BCUT2D eigenvalue weighted by Crippen LogP contribution is -2.05. The van der Waals surface area contributed by atoms with Gasteiger partial charge in [0.05, 0.1) is 0 Å². The summed E-state index contributed by atoms with van der Waals surface area (Å²) in [6, 6.07) is 6.10. The van der Waals surface area contributed by atoms with Crippen molar-refractivity contribution in [3.05, 3.63) is 23.8 Å². The van der Waals surface area contributed by atoms with Crippen molar-refractivity contribution in [2.45, 2.75) is 18.2 Å². The maximum atomic E-state index is 10.8. The number of carbonyl (C=O) groups excluding carboxylic acids is 1. The van der Waals surface area contributed by atoms with Crippen molar-refractivity contribution in [3.63, 3.8) is 0 Å². The minimum atomic E-state index is -0.00870. The molecular formula is C10H11NOS. The molecule has 1 N–H and O–H groups in total. The van der Waals surface area contributed by atoms with Crippen LogP contribution in [0.2, 0.25) is 0 Å². The SMILES string of the molecule is CC(=O)Nc1ccc2c(c1)CCS2. The normalized spacial score (nSPS) is 13.9. The monoisotopic (exact) mass is 193 g/mol. The van der Waals surface area contributed by atoms with E-state index in [1.807, 2.05) is 17.8 Å². The number of hydrogen-bond donors (Lipinski definition) is 1. The van der Waals surface area contributed by atoms with Crippen LogP contribution in [0.5, 0.6) is 0 Å². The molecule has 2 nitrogen and oxygen atoms in total. The average molecular weight is 193 g/mol. The molecule has 0 aromatic heterocycles. The maximum absolute atomic E-state index is 10.8. The fourth-order valence-corrected chi connectivity index (χ4v) is 2.52. The molecule has 0 aliphatic carbocycles. The second kappa shape index (κ2) is 3.42. The largest absolute Gasteiger partial charge is 0.326 e. The first-order chi connectivity index (χ1) is 6.25. The van der Waals surface area contributed by atoms with Crippen molar-refractivity contribution in [1.82, 2.24) is 0 Å². The van der Waals surface area contributed by atoms with Crippen LogP contribution in [0.15, 0.2) is 23.1 Å². The van der Waals surface area contributed by atoms with Crippen molar-refractivity contribution >= 4 is 23.4 Å². The molecular weight excluding hydrogens is 182 g/mol. The number of hydrogen-bond acceptors (Lipinski definition) is 2. The minimum Gasteiger partial charge on any atom is -0.326 e. The number of anilines is 1. The predicted molar refractivity (Wildman–Crippen MR) is 55.2 cm³/mol. The van der Waals surface area contributed by atoms with Crippen LogP contribution in [0.3, 0.4) is 0 Å². The second-order valence-electron chi connectivity index (χ2n) is 3.10. The Kier molecular flexibility index (Phi) is 2.27. The minimum absolute atomic E-state index is 0.00870. The van der Waals surface area contributed by atoms with Crippen molar-refractivity contribution in [2.24, 2.45) is 0 Å². The van der Waals surface area contributed by atoms with Gasteiger partial charge in [0.25, 0.3) is 0 Å². The van der Waals surface area contributed by atoms with E-state index >= 15 is 0 Å². The Hall–Kier alpha value is -0.960. The number of amides is 1. The molecule has 0 spiro atoms. The molecule has 1 aromatic rings. The van der Waals surface area contributed by atoms with Crippen LogP contribution in [0.1, 0.15) is 12.5 Å². The topological polar surface area (TPSA) is 29.1 Å². The number of rotatable bonds is 1. The Morgan fingerprint density at radius 1 is 1.54 bits per heavy atom. The molecule has 1 aliphatic rings. The second-order valence-corrected chi connectivity index (χ2v) is 4.24. The van der Waals surface area contributed by atoms with Crippen molar-refractivity contribution in [2.75, 3.05) is 11.1 Å². The number of thioether (sulfide) groups is 1. The van der Waals surface area contributed by atoms with E-state index in [1.54, 1.807) is 0 Å². The van der Waals surface area contributed by atoms with Crippen LogP contribution in [0.4, 0.5) is 5.69 Å². The summed E-state index contributed by atoms with van der Waals surface area (Å²) < 4.78 is 0. The summed E-state index contributed by atoms with van der Waals surface area (Å²) in [5.74, 6) is 1.16. The van der Waals surface area contributed by atoms with E-state index in [9.17, 15) is 4.79 Å². The van der Waals surface area contributed by atoms with Gasteiger partial charge in [0, 0.05) is 23.3 Å². The Morgan fingerprint density at radius 2 is 2.38 bits per heavy atom. The lowest BCUT2D eigenvalue weighted by molar-refractivity contribution is -0.114. The third-order valence-electron chi connectivity index (χ3n) is 2.01. The highest BCUT2D eigenvalue weighted by atomic mass is 32.2. The number of carbonyl (C=O) groups is 1. The first-order valence-corrected chi connectivity index (χ1v) is 5.27. The molecule has 0 radical (unpaired) electrons. The number of fused-ring (bicyclic) bond motifs is 1. The molecule has 1 aliphatic heterocycles. The van der Waals surface area contributed by atoms with Crippen LogP contribution >= 0.6 is 11.8 Å². The molecule has 68 valence electrons. The quantitative estimate of drug-likeness (QED) is 0.741. The van der Waals surface area contributed by atoms with E-state index in [1.165, 1.54) is 23.1 Å². The summed E-state index contributed by atoms with van der Waals surface area (Å²) in [7, 11) is 0. The molecule has 0 fully saturated rings. The van der Waals surface area contributed by atoms with E-state index < -0.39 is 0 Å². The molecule has 1 amide bonds. The van der Waals surface area contributed by atoms with Crippen molar-refractivity contribution in [3.8, 4) is 0 Å². The molecule has 13 heavy (non-hydrogen) atoms. The van der Waals surface area contributed by atoms with Gasteiger partial charge in [0.2, 0.25) is 5.91 Å². The molecule has 0 unspecified atom stereocenters. The average Bonchev–Trinajstić information content (AvgIpc) is 2.49. The van der Waals surface area contributed by atoms with Crippen LogP contribution in [0, 0.1) is 0 Å². The highest BCUT2D eigenvalue weighted by Gasteiger charge is 2.11. The van der Waals surface area contributed by atoms with E-state index in [2.05, 4.69) is 17.4 Å². The molecule has 1 heterocycles. The van der Waals surface area contributed by atoms with Crippen molar-refractivity contribution < 1.29 is 4.79 Å². The summed E-state index contributed by atoms with van der Waals surface area (Å²) in [5, 5.41) is 2.79. The Labute approximate surface area is 81.7 Å². The lowest BCUT2D eigenvalue weighted by Gasteiger charge is -2.03. The Bertz CT molecular complexity index is 349. The van der Waals surface area contributed by atoms with Gasteiger partial charge in [0.15, 0.2) is 0 Å². The number of benzene rings is 1. The third kappa shape index (κ3) is 1.86. The smallest absolute Gasteiger partial charge is 0.221 e. The lowest BCUT2D eigenvalue weighted by atomic mass is 10.1. The van der Waals surface area contributed by atoms with E-state index in [0.717, 1.165) is 12.1 Å². The molecule has 0 atom stereocenters. The summed E-state index contributed by atoms with van der Waals surface area (Å²) in [5.41, 5.74) is 2.27. The highest BCUT2D eigenvalue weighted by molar-refractivity contribution is 7.99. The Morgan fingerprint density at radius 3 is 3.15 bits per heavy atom. The van der Waals surface area contributed by atoms with E-state index in [-0.39, 0.29) is 5.91 Å². The molecule has 0 saturated carbocycles. The van der Waals surface area contributed by atoms with Crippen LogP contribution in [-0.2, 0) is 11.2 Å². The molecule has 0 bridgehead atoms. The first-order valence-electron chi connectivity index (χ1n) is 4.29. The molecule has 0 saturated heterocycles. The van der Waals surface area contributed by atoms with Crippen molar-refractivity contribution in [1.29, 1.82) is 0 Å². The van der Waals surface area contributed by atoms with Crippen LogP contribution in [-0.4, -0.2) is 11.7 Å². The van der Waals surface area contributed by atoms with Gasteiger partial charge in [-0.3, -0.25) is 4.79 Å². The molecule has 1 aromatic carbocycles. The molecule has 3 heteroatoms. The maximum Gasteiger partial charge on any atom is 0.221 e. The summed E-state index contributed by atoms with van der Waals surface area (Å²) in [4.78, 5) is 12.2. The standard InChI is InChI=1S/C10H11NOS/c1-7(12)11-9-2-3-10-8(6-9)4-5-13-10/h2-3,6H,4-5H2,1H3,(H,11,12). The summed E-state index contributed by atoms with van der Waals surface area (Å²) >= 11 is 1.88. The van der Waals surface area contributed by atoms with E-state index in [0.29, 0.717) is 0 Å². The summed E-state index contributed by atoms with van der Waals surface area (Å²) in [6.45, 7) is 1.53. The summed E-state index contributed by atoms with van der Waals surface area (Å²) in [6.07, 6.45) is 1.12. The van der Waals surface area contributed by atoms with Gasteiger partial charge in [-0.25, -0.2) is 0 Å². The van der Waals surface area contributed by atoms with Crippen LogP contribution < -0.4 is 5.32 Å². The fraction of sp³-hybridized carbons (Fsp3) is 0.300. The van der Waals surface area contributed by atoms with Gasteiger partial charge in [-0.1, -0.05) is 0 Å². The third-order valence-corrected chi connectivity index (χ3v) is 3.13. The zero-order valence-corrected chi connectivity index (χ0v) is 8.28. The van der Waals surface area contributed by atoms with E-state index in [4.69, 9.17) is 0 Å². The van der Waals surface area contributed by atoms with Crippen LogP contribution in [0.25, 0.3) is 0 Å². The van der Waals surface area contributed by atoms with Gasteiger partial charge in [0.1, 0.15) is 0 Å². The molecule has 2 rings (SSSR count). The van der Waals surface area contributed by atoms with Gasteiger partial charge in [-0.05, 0) is 30.2 Å². The highest BCUT2D eigenvalue weighted by Crippen LogP contribution is 2.32. The number of aryl methyl sites for hydroxylation is 1. The van der Waals surface area contributed by atoms with Gasteiger partial charge < -0.3 is 5.32 Å².